The highest BCUT2D eigenvalue weighted by atomic mass is 17.0. The highest BCUT2D eigenvalue weighted by Gasteiger charge is 2.03. The van der Waals surface area contributed by atoms with Crippen molar-refractivity contribution in [2.45, 2.75) is 51.4 Å². The van der Waals surface area contributed by atoms with Crippen LogP contribution >= 0.6 is 0 Å². The second kappa shape index (κ2) is 11.9. The molecular formula is C10H22N2O6+2. The van der Waals surface area contributed by atoms with Gasteiger partial charge in [-0.1, -0.05) is 25.7 Å². The maximum Gasteiger partial charge on any atom is 0.475 e. The standard InChI is InChI=1S/C10H22N2O6/c13-11(14)17-9-7-5-3-1-2-4-6-8-10-18-12(15)16/h1-10H2,(H,13,14)(H,15,16)/q+2. The molecule has 0 heterocycles. The van der Waals surface area contributed by atoms with Gasteiger partial charge in [-0.2, -0.15) is 9.68 Å². The minimum absolute atomic E-state index is 0.240. The topological polar surface area (TPSA) is 99.1 Å². The Labute approximate surface area is 105 Å². The molecule has 0 radical (unpaired) electrons. The fraction of sp³-hybridized carbons (Fsp3) is 1.00. The van der Waals surface area contributed by atoms with E-state index >= 15 is 0 Å². The van der Waals surface area contributed by atoms with E-state index < -0.39 is 10.2 Å². The molecule has 8 heteroatoms. The fourth-order valence-corrected chi connectivity index (χ4v) is 1.55. The fourth-order valence-electron chi connectivity index (χ4n) is 1.55. The van der Waals surface area contributed by atoms with Crippen LogP contribution in [0.2, 0.25) is 0 Å². The molecule has 0 rings (SSSR count). The van der Waals surface area contributed by atoms with Crippen LogP contribution in [0.3, 0.4) is 0 Å². The highest BCUT2D eigenvalue weighted by molar-refractivity contribution is 4.46. The molecule has 0 aromatic heterocycles. The molecule has 0 aliphatic rings. The van der Waals surface area contributed by atoms with E-state index in [-0.39, 0.29) is 13.2 Å². The van der Waals surface area contributed by atoms with Crippen molar-refractivity contribution in [3.8, 4) is 0 Å². The van der Waals surface area contributed by atoms with Crippen molar-refractivity contribution >= 4 is 0 Å². The van der Waals surface area contributed by atoms with Gasteiger partial charge in [0.25, 0.3) is 0 Å². The molecule has 0 saturated heterocycles. The zero-order valence-corrected chi connectivity index (χ0v) is 10.5. The van der Waals surface area contributed by atoms with E-state index in [1.54, 1.807) is 0 Å². The second-order valence-corrected chi connectivity index (χ2v) is 3.97. The molecule has 0 unspecified atom stereocenters. The lowest BCUT2D eigenvalue weighted by Gasteiger charge is -1.99. The first-order valence-electron chi connectivity index (χ1n) is 6.21. The van der Waals surface area contributed by atoms with E-state index in [1.807, 2.05) is 0 Å². The Bertz CT molecular complexity index is 212. The summed E-state index contributed by atoms with van der Waals surface area (Å²) >= 11 is 0. The summed E-state index contributed by atoms with van der Waals surface area (Å²) in [6.07, 6.45) is 7.78. The molecule has 0 aliphatic heterocycles. The molecule has 8 nitrogen and oxygen atoms in total. The van der Waals surface area contributed by atoms with Gasteiger partial charge >= 0.3 is 10.2 Å². The second-order valence-electron chi connectivity index (χ2n) is 3.97. The first-order chi connectivity index (χ1) is 8.63. The molecule has 106 valence electrons. The van der Waals surface area contributed by atoms with Crippen LogP contribution in [-0.2, 0) is 9.68 Å². The SMILES string of the molecule is O=[N+](O)OCCCCCCCCCCO[N+](=O)O. The van der Waals surface area contributed by atoms with Crippen LogP contribution in [0.1, 0.15) is 51.4 Å². The predicted octanol–water partition coefficient (Wildman–Crippen LogP) is 2.31. The van der Waals surface area contributed by atoms with E-state index in [4.69, 9.17) is 10.4 Å². The van der Waals surface area contributed by atoms with Crippen LogP contribution in [0.4, 0.5) is 0 Å². The van der Waals surface area contributed by atoms with Crippen molar-refractivity contribution in [3.63, 3.8) is 0 Å². The van der Waals surface area contributed by atoms with Gasteiger partial charge in [0.1, 0.15) is 9.81 Å². The van der Waals surface area contributed by atoms with E-state index in [2.05, 4.69) is 9.68 Å². The molecule has 0 spiro atoms. The van der Waals surface area contributed by atoms with Crippen LogP contribution in [0.25, 0.3) is 0 Å². The number of unbranched alkanes of at least 4 members (excludes halogenated alkanes) is 7. The lowest BCUT2D eigenvalue weighted by Crippen LogP contribution is -2.04. The van der Waals surface area contributed by atoms with Gasteiger partial charge in [0.15, 0.2) is 13.2 Å². The zero-order valence-electron chi connectivity index (χ0n) is 10.5. The van der Waals surface area contributed by atoms with Crippen molar-refractivity contribution in [2.24, 2.45) is 0 Å². The lowest BCUT2D eigenvalue weighted by atomic mass is 10.1. The first kappa shape index (κ1) is 16.4. The van der Waals surface area contributed by atoms with Gasteiger partial charge in [-0.05, 0) is 25.7 Å². The summed E-state index contributed by atoms with van der Waals surface area (Å²) in [7, 11) is 0. The summed E-state index contributed by atoms with van der Waals surface area (Å²) < 4.78 is 0. The molecular weight excluding hydrogens is 244 g/mol. The molecule has 2 N–H and O–H groups in total. The van der Waals surface area contributed by atoms with Gasteiger partial charge in [0.05, 0.1) is 0 Å². The number of hydrogen-bond donors (Lipinski definition) is 2. The van der Waals surface area contributed by atoms with E-state index in [0.29, 0.717) is 0 Å². The number of nitrogens with zero attached hydrogens (tertiary/aromatic N) is 2. The normalized spacial score (nSPS) is 10.0. The summed E-state index contributed by atoms with van der Waals surface area (Å²) in [4.78, 5) is 28.5. The average Bonchev–Trinajstić information content (AvgIpc) is 2.29. The summed E-state index contributed by atoms with van der Waals surface area (Å²) in [5, 5.41) is 15.2. The van der Waals surface area contributed by atoms with Gasteiger partial charge < -0.3 is 0 Å². The Morgan fingerprint density at radius 1 is 0.611 bits per heavy atom. The molecule has 0 aromatic rings. The van der Waals surface area contributed by atoms with E-state index in [1.165, 1.54) is 0 Å². The van der Waals surface area contributed by atoms with Crippen molar-refractivity contribution < 1.29 is 30.3 Å². The molecule has 0 bridgehead atoms. The third kappa shape index (κ3) is 14.4. The number of hydrogen-bond acceptors (Lipinski definition) is 4. The maximum atomic E-state index is 9.95. The Balaban J connectivity index is 2.99. The third-order valence-electron chi connectivity index (χ3n) is 2.44. The monoisotopic (exact) mass is 266 g/mol. The van der Waals surface area contributed by atoms with Gasteiger partial charge in [0, 0.05) is 0 Å². The summed E-state index contributed by atoms with van der Waals surface area (Å²) in [6.45, 7) is 0.481. The molecule has 0 saturated carbocycles. The maximum absolute atomic E-state index is 9.95. The predicted molar refractivity (Wildman–Crippen MR) is 59.7 cm³/mol. The van der Waals surface area contributed by atoms with Crippen molar-refractivity contribution in [2.75, 3.05) is 13.2 Å². The Morgan fingerprint density at radius 3 is 1.17 bits per heavy atom. The Hall–Kier alpha value is -1.60. The van der Waals surface area contributed by atoms with Crippen LogP contribution in [-0.4, -0.2) is 33.8 Å². The third-order valence-corrected chi connectivity index (χ3v) is 2.44. The van der Waals surface area contributed by atoms with Gasteiger partial charge in [-0.25, -0.2) is 10.4 Å². The molecule has 0 fully saturated rings. The van der Waals surface area contributed by atoms with Gasteiger partial charge in [0.2, 0.25) is 0 Å². The summed E-state index contributed by atoms with van der Waals surface area (Å²) in [6, 6.07) is 0. The van der Waals surface area contributed by atoms with Crippen molar-refractivity contribution in [1.82, 2.24) is 0 Å². The molecule has 18 heavy (non-hydrogen) atoms. The van der Waals surface area contributed by atoms with E-state index in [9.17, 15) is 9.81 Å². The van der Waals surface area contributed by atoms with Gasteiger partial charge in [-0.3, -0.25) is 0 Å². The highest BCUT2D eigenvalue weighted by Crippen LogP contribution is 2.08. The largest absolute Gasteiger partial charge is 0.475 e. The van der Waals surface area contributed by atoms with Crippen LogP contribution in [0.15, 0.2) is 0 Å². The molecule has 0 aromatic carbocycles. The smallest absolute Gasteiger partial charge is 0.200 e. The average molecular weight is 266 g/mol. The summed E-state index contributed by atoms with van der Waals surface area (Å²) in [5.41, 5.74) is 0. The number of rotatable bonds is 13. The van der Waals surface area contributed by atoms with Crippen LogP contribution in [0.5, 0.6) is 0 Å². The Kier molecular flexibility index (Phi) is 10.8. The van der Waals surface area contributed by atoms with Crippen LogP contribution < -0.4 is 0 Å². The minimum atomic E-state index is -0.516. The zero-order chi connectivity index (χ0) is 13.6. The molecule has 0 amide bonds. The quantitative estimate of drug-likeness (QED) is 0.392. The van der Waals surface area contributed by atoms with Gasteiger partial charge in [-0.15, -0.1) is 0 Å². The van der Waals surface area contributed by atoms with Crippen molar-refractivity contribution in [3.05, 3.63) is 9.81 Å². The lowest BCUT2D eigenvalue weighted by molar-refractivity contribution is -0.975. The Morgan fingerprint density at radius 2 is 0.889 bits per heavy atom. The van der Waals surface area contributed by atoms with E-state index in [0.717, 1.165) is 51.4 Å². The summed E-state index contributed by atoms with van der Waals surface area (Å²) in [5.74, 6) is 0. The first-order valence-corrected chi connectivity index (χ1v) is 6.21. The minimum Gasteiger partial charge on any atom is -0.200 e. The van der Waals surface area contributed by atoms with Crippen molar-refractivity contribution in [1.29, 1.82) is 0 Å². The van der Waals surface area contributed by atoms with Crippen LogP contribution in [0, 0.1) is 9.81 Å². The molecule has 0 aliphatic carbocycles. The molecule has 0 atom stereocenters.